The minimum Gasteiger partial charge on any atom is -0.480 e. The van der Waals surface area contributed by atoms with E-state index in [0.717, 1.165) is 0 Å². The number of carboxylic acid groups (broad SMARTS) is 1. The molecule has 0 aromatic rings. The molecule has 0 spiro atoms. The number of hydrogen-bond acceptors (Lipinski definition) is 2. The Bertz CT molecular complexity index is 261. The molecule has 0 heterocycles. The molecule has 1 amide bonds. The monoisotopic (exact) mass is 243 g/mol. The Labute approximate surface area is 104 Å². The van der Waals surface area contributed by atoms with Crippen LogP contribution in [0, 0.1) is 17.8 Å². The molecule has 0 aliphatic heterocycles. The molecule has 2 atom stereocenters. The molecule has 0 saturated heterocycles. The average molecular weight is 243 g/mol. The first-order valence-electron chi connectivity index (χ1n) is 6.26. The van der Waals surface area contributed by atoms with Crippen molar-refractivity contribution in [2.75, 3.05) is 0 Å². The van der Waals surface area contributed by atoms with E-state index in [1.807, 2.05) is 20.8 Å². The molecule has 100 valence electrons. The van der Waals surface area contributed by atoms with Gasteiger partial charge in [0.05, 0.1) is 0 Å². The van der Waals surface area contributed by atoms with Crippen molar-refractivity contribution in [1.29, 1.82) is 0 Å². The predicted octanol–water partition coefficient (Wildman–Crippen LogP) is 2.28. The fourth-order valence-corrected chi connectivity index (χ4v) is 1.47. The van der Waals surface area contributed by atoms with Crippen molar-refractivity contribution in [1.82, 2.24) is 5.32 Å². The van der Waals surface area contributed by atoms with Crippen LogP contribution in [0.4, 0.5) is 0 Å². The molecular weight excluding hydrogens is 218 g/mol. The Morgan fingerprint density at radius 2 is 1.65 bits per heavy atom. The average Bonchev–Trinajstić information content (AvgIpc) is 2.15. The third-order valence-corrected chi connectivity index (χ3v) is 2.99. The Hall–Kier alpha value is -1.06. The van der Waals surface area contributed by atoms with Crippen molar-refractivity contribution in [2.24, 2.45) is 17.8 Å². The van der Waals surface area contributed by atoms with Crippen LogP contribution in [0.25, 0.3) is 0 Å². The topological polar surface area (TPSA) is 66.4 Å². The Morgan fingerprint density at radius 1 is 1.12 bits per heavy atom. The highest BCUT2D eigenvalue weighted by Crippen LogP contribution is 2.14. The summed E-state index contributed by atoms with van der Waals surface area (Å²) in [5.74, 6) is -0.181. The second-order valence-electron chi connectivity index (χ2n) is 5.51. The zero-order valence-corrected chi connectivity index (χ0v) is 11.5. The summed E-state index contributed by atoms with van der Waals surface area (Å²) in [7, 11) is 0. The van der Waals surface area contributed by atoms with Gasteiger partial charge in [-0.1, -0.05) is 34.6 Å². The summed E-state index contributed by atoms with van der Waals surface area (Å²) in [4.78, 5) is 22.7. The third-order valence-electron chi connectivity index (χ3n) is 2.99. The maximum Gasteiger partial charge on any atom is 0.326 e. The molecule has 0 aromatic carbocycles. The van der Waals surface area contributed by atoms with E-state index in [1.54, 1.807) is 0 Å². The molecule has 0 bridgehead atoms. The molecule has 1 unspecified atom stereocenters. The van der Waals surface area contributed by atoms with Crippen molar-refractivity contribution < 1.29 is 14.7 Å². The summed E-state index contributed by atoms with van der Waals surface area (Å²) in [6.07, 6.45) is 0.858. The lowest BCUT2D eigenvalue weighted by atomic mass is 9.94. The van der Waals surface area contributed by atoms with E-state index in [4.69, 9.17) is 5.11 Å². The van der Waals surface area contributed by atoms with E-state index in [2.05, 4.69) is 19.2 Å². The van der Waals surface area contributed by atoms with Crippen molar-refractivity contribution in [3.8, 4) is 0 Å². The number of amides is 1. The van der Waals surface area contributed by atoms with Gasteiger partial charge in [0.1, 0.15) is 6.04 Å². The first kappa shape index (κ1) is 15.9. The van der Waals surface area contributed by atoms with Gasteiger partial charge in [0.15, 0.2) is 0 Å². The van der Waals surface area contributed by atoms with E-state index in [0.29, 0.717) is 18.8 Å². The van der Waals surface area contributed by atoms with Crippen LogP contribution in [0.15, 0.2) is 0 Å². The van der Waals surface area contributed by atoms with Crippen molar-refractivity contribution in [2.45, 2.75) is 53.5 Å². The van der Waals surface area contributed by atoms with Gasteiger partial charge in [0, 0.05) is 6.42 Å². The van der Waals surface area contributed by atoms with Crippen molar-refractivity contribution >= 4 is 11.9 Å². The van der Waals surface area contributed by atoms with Gasteiger partial charge < -0.3 is 10.4 Å². The minimum absolute atomic E-state index is 0.167. The van der Waals surface area contributed by atoms with Crippen molar-refractivity contribution in [3.63, 3.8) is 0 Å². The number of rotatable bonds is 7. The van der Waals surface area contributed by atoms with Gasteiger partial charge >= 0.3 is 5.97 Å². The number of carboxylic acids is 1. The highest BCUT2D eigenvalue weighted by Gasteiger charge is 2.22. The molecule has 0 aliphatic carbocycles. The fourth-order valence-electron chi connectivity index (χ4n) is 1.47. The van der Waals surface area contributed by atoms with E-state index >= 15 is 0 Å². The normalized spacial score (nSPS) is 14.8. The SMILES string of the molecule is CC(C)C[C@H](NC(=O)CC(C)C(C)C)C(=O)O. The first-order chi connectivity index (χ1) is 7.73. The van der Waals surface area contributed by atoms with Crippen LogP contribution in [-0.4, -0.2) is 23.0 Å². The van der Waals surface area contributed by atoms with Crippen LogP contribution in [0.3, 0.4) is 0 Å². The predicted molar refractivity (Wildman–Crippen MR) is 67.6 cm³/mol. The summed E-state index contributed by atoms with van der Waals surface area (Å²) in [6, 6.07) is -0.762. The molecule has 0 radical (unpaired) electrons. The molecule has 0 aromatic heterocycles. The van der Waals surface area contributed by atoms with Gasteiger partial charge in [-0.2, -0.15) is 0 Å². The lowest BCUT2D eigenvalue weighted by Gasteiger charge is -2.19. The number of nitrogens with one attached hydrogen (secondary N) is 1. The highest BCUT2D eigenvalue weighted by molar-refractivity contribution is 5.83. The second kappa shape index (κ2) is 7.30. The standard InChI is InChI=1S/C13H25NO3/c1-8(2)6-11(13(16)17)14-12(15)7-10(5)9(3)4/h8-11H,6-7H2,1-5H3,(H,14,15)(H,16,17)/t10?,11-/m0/s1. The Kier molecular flexibility index (Phi) is 6.85. The molecule has 2 N–H and O–H groups in total. The van der Waals surface area contributed by atoms with Crippen LogP contribution < -0.4 is 5.32 Å². The first-order valence-corrected chi connectivity index (χ1v) is 6.26. The van der Waals surface area contributed by atoms with Crippen LogP contribution in [0.1, 0.15) is 47.5 Å². The Balaban J connectivity index is 4.26. The van der Waals surface area contributed by atoms with Gasteiger partial charge in [0.2, 0.25) is 5.91 Å². The molecule has 0 rings (SSSR count). The van der Waals surface area contributed by atoms with Crippen LogP contribution in [0.2, 0.25) is 0 Å². The zero-order chi connectivity index (χ0) is 13.6. The van der Waals surface area contributed by atoms with Crippen LogP contribution in [0.5, 0.6) is 0 Å². The van der Waals surface area contributed by atoms with Gasteiger partial charge in [0.25, 0.3) is 0 Å². The summed E-state index contributed by atoms with van der Waals surface area (Å²) in [5, 5.41) is 11.6. The van der Waals surface area contributed by atoms with Gasteiger partial charge in [-0.25, -0.2) is 4.79 Å². The highest BCUT2D eigenvalue weighted by atomic mass is 16.4. The maximum atomic E-state index is 11.7. The van der Waals surface area contributed by atoms with Gasteiger partial charge in [-0.15, -0.1) is 0 Å². The molecule has 4 heteroatoms. The van der Waals surface area contributed by atoms with E-state index < -0.39 is 12.0 Å². The Morgan fingerprint density at radius 3 is 2.00 bits per heavy atom. The summed E-state index contributed by atoms with van der Waals surface area (Å²) in [5.41, 5.74) is 0. The third kappa shape index (κ3) is 6.97. The summed E-state index contributed by atoms with van der Waals surface area (Å²) < 4.78 is 0. The zero-order valence-electron chi connectivity index (χ0n) is 11.5. The second-order valence-corrected chi connectivity index (χ2v) is 5.51. The molecule has 0 saturated carbocycles. The lowest BCUT2D eigenvalue weighted by molar-refractivity contribution is -0.142. The number of carbonyl (C=O) groups excluding carboxylic acids is 1. The van der Waals surface area contributed by atoms with Crippen LogP contribution in [-0.2, 0) is 9.59 Å². The van der Waals surface area contributed by atoms with Crippen molar-refractivity contribution in [3.05, 3.63) is 0 Å². The van der Waals surface area contributed by atoms with E-state index in [1.165, 1.54) is 0 Å². The molecule has 0 fully saturated rings. The molecular formula is C13H25NO3. The summed E-state index contributed by atoms with van der Waals surface area (Å²) >= 11 is 0. The van der Waals surface area contributed by atoms with E-state index in [9.17, 15) is 9.59 Å². The van der Waals surface area contributed by atoms with Crippen LogP contribution >= 0.6 is 0 Å². The number of aliphatic carboxylic acids is 1. The van der Waals surface area contributed by atoms with Gasteiger partial charge in [-0.05, 0) is 24.2 Å². The molecule has 4 nitrogen and oxygen atoms in total. The maximum absolute atomic E-state index is 11.7. The smallest absolute Gasteiger partial charge is 0.326 e. The van der Waals surface area contributed by atoms with Gasteiger partial charge in [-0.3, -0.25) is 4.79 Å². The largest absolute Gasteiger partial charge is 0.480 e. The minimum atomic E-state index is -0.954. The lowest BCUT2D eigenvalue weighted by Crippen LogP contribution is -2.42. The number of carbonyl (C=O) groups is 2. The summed E-state index contributed by atoms with van der Waals surface area (Å²) in [6.45, 7) is 10.0. The molecule has 0 aliphatic rings. The number of hydrogen-bond donors (Lipinski definition) is 2. The molecule has 17 heavy (non-hydrogen) atoms. The quantitative estimate of drug-likeness (QED) is 0.721. The fraction of sp³-hybridized carbons (Fsp3) is 0.846. The van der Waals surface area contributed by atoms with E-state index in [-0.39, 0.29) is 17.7 Å².